The van der Waals surface area contributed by atoms with Crippen LogP contribution < -0.4 is 0 Å². The third-order valence-corrected chi connectivity index (χ3v) is 4.03. The molecule has 0 unspecified atom stereocenters. The summed E-state index contributed by atoms with van der Waals surface area (Å²) in [6.07, 6.45) is 3.76. The van der Waals surface area contributed by atoms with E-state index in [0.717, 1.165) is 17.6 Å². The summed E-state index contributed by atoms with van der Waals surface area (Å²) in [6.45, 7) is 3.80. The summed E-state index contributed by atoms with van der Waals surface area (Å²) < 4.78 is 0. The second-order valence-electron chi connectivity index (χ2n) is 6.11. The number of rotatable bonds is 7. The van der Waals surface area contributed by atoms with E-state index in [9.17, 15) is 10.2 Å². The lowest BCUT2D eigenvalue weighted by Gasteiger charge is -2.15. The van der Waals surface area contributed by atoms with Crippen LogP contribution in [0.1, 0.15) is 36.1 Å². The van der Waals surface area contributed by atoms with Crippen LogP contribution in [0.15, 0.2) is 48.0 Å². The monoisotopic (exact) mass is 328 g/mol. The summed E-state index contributed by atoms with van der Waals surface area (Å²) in [6, 6.07) is 11.6. The van der Waals surface area contributed by atoms with Crippen molar-refractivity contribution in [3.63, 3.8) is 0 Å². The van der Waals surface area contributed by atoms with Gasteiger partial charge in [-0.1, -0.05) is 42.0 Å². The van der Waals surface area contributed by atoms with Gasteiger partial charge in [-0.2, -0.15) is 0 Å². The van der Waals surface area contributed by atoms with Crippen molar-refractivity contribution >= 4 is 0 Å². The van der Waals surface area contributed by atoms with Crippen LogP contribution in [-0.2, 0) is 30.8 Å². The molecule has 0 spiro atoms. The van der Waals surface area contributed by atoms with Crippen molar-refractivity contribution in [2.75, 3.05) is 0 Å². The molecule has 0 saturated carbocycles. The Kier molecular flexibility index (Phi) is 6.41. The second-order valence-corrected chi connectivity index (χ2v) is 6.11. The topological polar surface area (TPSA) is 69.9 Å². The quantitative estimate of drug-likeness (QED) is 0.401. The SMILES string of the molecule is CC(C)=CCc1c(O)cc(CCc2ccccc2)c(COO)c1O. The molecule has 3 N–H and O–H groups in total. The minimum absolute atomic E-state index is 0.00962. The Bertz CT molecular complexity index is 701. The average Bonchev–Trinajstić information content (AvgIpc) is 2.56. The number of aryl methyl sites for hydroxylation is 2. The fourth-order valence-corrected chi connectivity index (χ4v) is 2.67. The number of hydrogen-bond acceptors (Lipinski definition) is 4. The molecule has 0 saturated heterocycles. The molecule has 0 amide bonds. The maximum Gasteiger partial charge on any atom is 0.128 e. The van der Waals surface area contributed by atoms with Gasteiger partial charge >= 0.3 is 0 Å². The van der Waals surface area contributed by atoms with E-state index in [2.05, 4.69) is 4.89 Å². The molecule has 2 aromatic carbocycles. The molecule has 0 aliphatic heterocycles. The molecular formula is C20H24O4. The maximum absolute atomic E-state index is 10.5. The van der Waals surface area contributed by atoms with E-state index in [4.69, 9.17) is 5.26 Å². The molecule has 0 bridgehead atoms. The molecule has 0 radical (unpaired) electrons. The van der Waals surface area contributed by atoms with Crippen LogP contribution in [-0.4, -0.2) is 15.5 Å². The lowest BCUT2D eigenvalue weighted by Crippen LogP contribution is -2.02. The van der Waals surface area contributed by atoms with Crippen molar-refractivity contribution in [3.05, 3.63) is 70.3 Å². The Labute approximate surface area is 142 Å². The highest BCUT2D eigenvalue weighted by atomic mass is 17.1. The molecule has 2 aromatic rings. The summed E-state index contributed by atoms with van der Waals surface area (Å²) >= 11 is 0. The highest BCUT2D eigenvalue weighted by molar-refractivity contribution is 5.53. The van der Waals surface area contributed by atoms with Crippen molar-refractivity contribution < 1.29 is 20.4 Å². The van der Waals surface area contributed by atoms with E-state index in [0.29, 0.717) is 24.0 Å². The number of aromatic hydroxyl groups is 2. The first kappa shape index (κ1) is 18.0. The molecule has 0 aliphatic carbocycles. The predicted molar refractivity (Wildman–Crippen MR) is 94.2 cm³/mol. The Morgan fingerprint density at radius 2 is 1.75 bits per heavy atom. The molecule has 0 heterocycles. The second kappa shape index (κ2) is 8.52. The lowest BCUT2D eigenvalue weighted by atomic mass is 9.95. The van der Waals surface area contributed by atoms with Crippen LogP contribution >= 0.6 is 0 Å². The average molecular weight is 328 g/mol. The third-order valence-electron chi connectivity index (χ3n) is 4.03. The largest absolute Gasteiger partial charge is 0.508 e. The number of benzene rings is 2. The standard InChI is InChI=1S/C20H24O4/c1-14(2)8-11-17-19(21)12-16(18(13-24-23)20(17)22)10-9-15-6-4-3-5-7-15/h3-8,12,21-23H,9-11,13H2,1-2H3. The Hall–Kier alpha value is -2.30. The summed E-state index contributed by atoms with van der Waals surface area (Å²) in [5, 5.41) is 29.6. The first-order valence-electron chi connectivity index (χ1n) is 8.02. The van der Waals surface area contributed by atoms with E-state index in [-0.39, 0.29) is 18.1 Å². The predicted octanol–water partition coefficient (Wildman–Crippen LogP) is 4.38. The van der Waals surface area contributed by atoms with Gasteiger partial charge in [-0.25, -0.2) is 4.89 Å². The minimum Gasteiger partial charge on any atom is -0.508 e. The van der Waals surface area contributed by atoms with Crippen LogP contribution in [0.4, 0.5) is 0 Å². The van der Waals surface area contributed by atoms with Crippen molar-refractivity contribution in [1.82, 2.24) is 0 Å². The first-order valence-corrected chi connectivity index (χ1v) is 8.02. The van der Waals surface area contributed by atoms with Gasteiger partial charge in [0.25, 0.3) is 0 Å². The van der Waals surface area contributed by atoms with Gasteiger partial charge in [0.2, 0.25) is 0 Å². The van der Waals surface area contributed by atoms with Crippen LogP contribution in [0.2, 0.25) is 0 Å². The fraction of sp³-hybridized carbons (Fsp3) is 0.300. The number of allylic oxidation sites excluding steroid dienone is 2. The Morgan fingerprint density at radius 3 is 2.38 bits per heavy atom. The van der Waals surface area contributed by atoms with Gasteiger partial charge < -0.3 is 10.2 Å². The van der Waals surface area contributed by atoms with E-state index >= 15 is 0 Å². The smallest absolute Gasteiger partial charge is 0.128 e. The van der Waals surface area contributed by atoms with E-state index in [1.54, 1.807) is 6.07 Å². The maximum atomic E-state index is 10.5. The van der Waals surface area contributed by atoms with Crippen molar-refractivity contribution in [1.29, 1.82) is 0 Å². The molecule has 0 aromatic heterocycles. The van der Waals surface area contributed by atoms with Crippen LogP contribution in [0, 0.1) is 0 Å². The van der Waals surface area contributed by atoms with E-state index in [1.807, 2.05) is 50.3 Å². The third kappa shape index (κ3) is 4.60. The zero-order valence-corrected chi connectivity index (χ0v) is 14.1. The molecule has 0 atom stereocenters. The zero-order valence-electron chi connectivity index (χ0n) is 14.1. The van der Waals surface area contributed by atoms with Crippen LogP contribution in [0.5, 0.6) is 11.5 Å². The van der Waals surface area contributed by atoms with Crippen molar-refractivity contribution in [2.45, 2.75) is 39.7 Å². The van der Waals surface area contributed by atoms with Gasteiger partial charge in [0.05, 0.1) is 0 Å². The number of phenolic OH excluding ortho intramolecular Hbond substituents is 2. The Balaban J connectivity index is 2.31. The molecule has 2 rings (SSSR count). The molecule has 4 nitrogen and oxygen atoms in total. The fourth-order valence-electron chi connectivity index (χ4n) is 2.67. The lowest BCUT2D eigenvalue weighted by molar-refractivity contribution is -0.253. The van der Waals surface area contributed by atoms with E-state index in [1.165, 1.54) is 5.56 Å². The zero-order chi connectivity index (χ0) is 17.5. The molecule has 0 aliphatic rings. The summed E-state index contributed by atoms with van der Waals surface area (Å²) in [5.41, 5.74) is 4.00. The number of hydrogen-bond donors (Lipinski definition) is 3. The molecule has 24 heavy (non-hydrogen) atoms. The van der Waals surface area contributed by atoms with Gasteiger partial charge in [-0.3, -0.25) is 5.26 Å². The summed E-state index contributed by atoms with van der Waals surface area (Å²) in [7, 11) is 0. The summed E-state index contributed by atoms with van der Waals surface area (Å²) in [4.78, 5) is 4.26. The van der Waals surface area contributed by atoms with Gasteiger partial charge in [0, 0.05) is 11.1 Å². The highest BCUT2D eigenvalue weighted by Crippen LogP contribution is 2.35. The van der Waals surface area contributed by atoms with Gasteiger partial charge in [-0.05, 0) is 50.3 Å². The minimum atomic E-state index is -0.113. The highest BCUT2D eigenvalue weighted by Gasteiger charge is 2.17. The van der Waals surface area contributed by atoms with Crippen molar-refractivity contribution in [3.8, 4) is 11.5 Å². The van der Waals surface area contributed by atoms with Crippen molar-refractivity contribution in [2.24, 2.45) is 0 Å². The molecular weight excluding hydrogens is 304 g/mol. The van der Waals surface area contributed by atoms with Gasteiger partial charge in [0.15, 0.2) is 0 Å². The Morgan fingerprint density at radius 1 is 1.04 bits per heavy atom. The molecule has 0 fully saturated rings. The normalized spacial score (nSPS) is 10.6. The van der Waals surface area contributed by atoms with Gasteiger partial charge in [-0.15, -0.1) is 0 Å². The summed E-state index contributed by atoms with van der Waals surface area (Å²) in [5.74, 6) is 0.0550. The van der Waals surface area contributed by atoms with E-state index < -0.39 is 0 Å². The van der Waals surface area contributed by atoms with Crippen LogP contribution in [0.25, 0.3) is 0 Å². The molecule has 4 heteroatoms. The molecule has 128 valence electrons. The number of phenols is 2. The first-order chi connectivity index (χ1) is 11.5. The van der Waals surface area contributed by atoms with Crippen LogP contribution in [0.3, 0.4) is 0 Å². The van der Waals surface area contributed by atoms with Gasteiger partial charge in [0.1, 0.15) is 18.1 Å².